The fraction of sp³-hybridized carbons (Fsp3) is 0.556. The van der Waals surface area contributed by atoms with Gasteiger partial charge in [0.25, 0.3) is 0 Å². The van der Waals surface area contributed by atoms with E-state index in [1.54, 1.807) is 17.0 Å². The molecule has 1 atom stereocenters. The molecule has 6 nitrogen and oxygen atoms in total. The van der Waals surface area contributed by atoms with Crippen LogP contribution in [0.15, 0.2) is 23.3 Å². The maximum Gasteiger partial charge on any atom is 0.242 e. The van der Waals surface area contributed by atoms with Crippen molar-refractivity contribution in [1.82, 2.24) is 15.2 Å². The van der Waals surface area contributed by atoms with Crippen molar-refractivity contribution in [3.05, 3.63) is 23.4 Å². The lowest BCUT2D eigenvalue weighted by Crippen LogP contribution is -2.39. The molecule has 8 heteroatoms. The summed E-state index contributed by atoms with van der Waals surface area (Å²) in [5, 5.41) is 3.78. The van der Waals surface area contributed by atoms with Crippen molar-refractivity contribution in [2.45, 2.75) is 56.7 Å². The molecule has 1 unspecified atom stereocenters. The number of thioether (sulfide) groups is 1. The SMILES string of the molecule is CCN1C(=O)C(CC(=O)NC2CCCCC2)SC1=Nc1ccc(Cl)cn1. The van der Waals surface area contributed by atoms with Gasteiger partial charge in [-0.05, 0) is 31.9 Å². The van der Waals surface area contributed by atoms with E-state index in [1.807, 2.05) is 6.92 Å². The van der Waals surface area contributed by atoms with E-state index in [0.29, 0.717) is 22.6 Å². The van der Waals surface area contributed by atoms with Crippen LogP contribution in [-0.2, 0) is 9.59 Å². The molecule has 2 heterocycles. The molecule has 2 fully saturated rings. The largest absolute Gasteiger partial charge is 0.353 e. The molecule has 1 aliphatic heterocycles. The van der Waals surface area contributed by atoms with Crippen molar-refractivity contribution >= 4 is 46.2 Å². The monoisotopic (exact) mass is 394 g/mol. The van der Waals surface area contributed by atoms with Crippen molar-refractivity contribution in [1.29, 1.82) is 0 Å². The molecule has 1 saturated carbocycles. The summed E-state index contributed by atoms with van der Waals surface area (Å²) in [6.07, 6.45) is 7.35. The maximum absolute atomic E-state index is 12.6. The number of nitrogens with zero attached hydrogens (tertiary/aromatic N) is 3. The van der Waals surface area contributed by atoms with Gasteiger partial charge in [-0.15, -0.1) is 0 Å². The summed E-state index contributed by atoms with van der Waals surface area (Å²) in [6.45, 7) is 2.41. The molecule has 26 heavy (non-hydrogen) atoms. The molecule has 140 valence electrons. The van der Waals surface area contributed by atoms with Gasteiger partial charge >= 0.3 is 0 Å². The third kappa shape index (κ3) is 4.76. The van der Waals surface area contributed by atoms with Crippen molar-refractivity contribution in [2.24, 2.45) is 4.99 Å². The van der Waals surface area contributed by atoms with E-state index in [2.05, 4.69) is 15.3 Å². The van der Waals surface area contributed by atoms with Crippen molar-refractivity contribution < 1.29 is 9.59 Å². The summed E-state index contributed by atoms with van der Waals surface area (Å²) in [5.74, 6) is 0.379. The zero-order valence-electron chi connectivity index (χ0n) is 14.8. The summed E-state index contributed by atoms with van der Waals surface area (Å²) < 4.78 is 0. The Morgan fingerprint density at radius 3 is 2.81 bits per heavy atom. The standard InChI is InChI=1S/C18H23ClN4O2S/c1-2-23-17(25)14(10-16(24)21-13-6-4-3-5-7-13)26-18(23)22-15-9-8-12(19)11-20-15/h8-9,11,13-14H,2-7,10H2,1H3,(H,21,24). The highest BCUT2D eigenvalue weighted by molar-refractivity contribution is 8.15. The van der Waals surface area contributed by atoms with E-state index < -0.39 is 5.25 Å². The predicted molar refractivity (Wildman–Crippen MR) is 105 cm³/mol. The Kier molecular flexibility index (Phi) is 6.53. The fourth-order valence-corrected chi connectivity index (χ4v) is 4.57. The van der Waals surface area contributed by atoms with Gasteiger partial charge in [-0.2, -0.15) is 0 Å². The van der Waals surface area contributed by atoms with Gasteiger partial charge in [0.1, 0.15) is 5.25 Å². The van der Waals surface area contributed by atoms with Crippen LogP contribution in [-0.4, -0.2) is 44.7 Å². The summed E-state index contributed by atoms with van der Waals surface area (Å²) in [6, 6.07) is 3.67. The minimum Gasteiger partial charge on any atom is -0.353 e. The van der Waals surface area contributed by atoms with E-state index in [4.69, 9.17) is 11.6 Å². The Morgan fingerprint density at radius 2 is 2.15 bits per heavy atom. The lowest BCUT2D eigenvalue weighted by Gasteiger charge is -2.23. The number of carbonyl (C=O) groups is 2. The number of aromatic nitrogens is 1. The molecule has 3 rings (SSSR count). The number of rotatable bonds is 5. The average Bonchev–Trinajstić information content (AvgIpc) is 2.92. The van der Waals surface area contributed by atoms with Gasteiger partial charge in [-0.3, -0.25) is 14.5 Å². The second kappa shape index (κ2) is 8.86. The number of aliphatic imine (C=N–C) groups is 1. The number of pyridine rings is 1. The van der Waals surface area contributed by atoms with E-state index >= 15 is 0 Å². The van der Waals surface area contributed by atoms with Gasteiger partial charge in [0.15, 0.2) is 11.0 Å². The Balaban J connectivity index is 1.64. The van der Waals surface area contributed by atoms with Crippen LogP contribution in [0.5, 0.6) is 0 Å². The van der Waals surface area contributed by atoms with Crippen LogP contribution in [0.2, 0.25) is 5.02 Å². The number of halogens is 1. The summed E-state index contributed by atoms with van der Waals surface area (Å²) in [7, 11) is 0. The molecule has 0 spiro atoms. The highest BCUT2D eigenvalue weighted by Gasteiger charge is 2.38. The summed E-state index contributed by atoms with van der Waals surface area (Å²) in [4.78, 5) is 35.2. The van der Waals surface area contributed by atoms with Gasteiger partial charge < -0.3 is 5.32 Å². The number of hydrogen-bond acceptors (Lipinski definition) is 5. The molecule has 1 saturated heterocycles. The summed E-state index contributed by atoms with van der Waals surface area (Å²) >= 11 is 7.18. The zero-order chi connectivity index (χ0) is 18.5. The first-order chi connectivity index (χ1) is 12.6. The van der Waals surface area contributed by atoms with Crippen LogP contribution >= 0.6 is 23.4 Å². The molecule has 1 aliphatic carbocycles. The van der Waals surface area contributed by atoms with E-state index in [9.17, 15) is 9.59 Å². The minimum absolute atomic E-state index is 0.0512. The third-order valence-electron chi connectivity index (χ3n) is 4.60. The van der Waals surface area contributed by atoms with Crippen LogP contribution in [0.25, 0.3) is 0 Å². The Hall–Kier alpha value is -1.60. The van der Waals surface area contributed by atoms with E-state index in [-0.39, 0.29) is 24.3 Å². The molecule has 0 bridgehead atoms. The average molecular weight is 395 g/mol. The normalized spacial score (nSPS) is 22.8. The molecule has 1 aromatic rings. The van der Waals surface area contributed by atoms with Crippen LogP contribution in [0, 0.1) is 0 Å². The molecular weight excluding hydrogens is 372 g/mol. The number of nitrogens with one attached hydrogen (secondary N) is 1. The van der Waals surface area contributed by atoms with Crippen LogP contribution in [0.1, 0.15) is 45.4 Å². The van der Waals surface area contributed by atoms with Gasteiger partial charge in [0, 0.05) is 25.2 Å². The van der Waals surface area contributed by atoms with Gasteiger partial charge in [-0.25, -0.2) is 9.98 Å². The van der Waals surface area contributed by atoms with Gasteiger partial charge in [0.2, 0.25) is 11.8 Å². The van der Waals surface area contributed by atoms with E-state index in [1.165, 1.54) is 24.4 Å². The van der Waals surface area contributed by atoms with Crippen LogP contribution < -0.4 is 5.32 Å². The smallest absolute Gasteiger partial charge is 0.242 e. The van der Waals surface area contributed by atoms with Crippen molar-refractivity contribution in [2.75, 3.05) is 6.54 Å². The predicted octanol–water partition coefficient (Wildman–Crippen LogP) is 3.53. The molecule has 2 aliphatic rings. The highest BCUT2D eigenvalue weighted by atomic mass is 35.5. The fourth-order valence-electron chi connectivity index (χ4n) is 3.25. The molecular formula is C18H23ClN4O2S. The molecule has 0 aromatic carbocycles. The van der Waals surface area contributed by atoms with Crippen LogP contribution in [0.4, 0.5) is 5.82 Å². The number of amides is 2. The number of amidine groups is 1. The van der Waals surface area contributed by atoms with Gasteiger partial charge in [-0.1, -0.05) is 42.6 Å². The lowest BCUT2D eigenvalue weighted by atomic mass is 9.95. The third-order valence-corrected chi connectivity index (χ3v) is 6.00. The quantitative estimate of drug-likeness (QED) is 0.828. The molecule has 0 radical (unpaired) electrons. The summed E-state index contributed by atoms with van der Waals surface area (Å²) in [5.41, 5.74) is 0. The Morgan fingerprint density at radius 1 is 1.38 bits per heavy atom. The highest BCUT2D eigenvalue weighted by Crippen LogP contribution is 2.31. The van der Waals surface area contributed by atoms with Crippen molar-refractivity contribution in [3.8, 4) is 0 Å². The Bertz CT molecular complexity index is 689. The topological polar surface area (TPSA) is 74.7 Å². The molecule has 2 amide bonds. The Labute approximate surface area is 162 Å². The minimum atomic E-state index is -0.426. The van der Waals surface area contributed by atoms with Crippen LogP contribution in [0.3, 0.4) is 0 Å². The van der Waals surface area contributed by atoms with E-state index in [0.717, 1.165) is 25.7 Å². The van der Waals surface area contributed by atoms with Gasteiger partial charge in [0.05, 0.1) is 5.02 Å². The second-order valence-electron chi connectivity index (χ2n) is 6.52. The second-order valence-corrected chi connectivity index (χ2v) is 8.13. The first-order valence-corrected chi connectivity index (χ1v) is 10.3. The zero-order valence-corrected chi connectivity index (χ0v) is 16.4. The maximum atomic E-state index is 12.6. The van der Waals surface area contributed by atoms with Crippen molar-refractivity contribution in [3.63, 3.8) is 0 Å². The first kappa shape index (κ1) is 19.2. The first-order valence-electron chi connectivity index (χ1n) is 9.04. The number of carbonyl (C=O) groups excluding carboxylic acids is 2. The molecule has 1 N–H and O–H groups in total. The lowest BCUT2D eigenvalue weighted by molar-refractivity contribution is -0.129. The molecule has 1 aromatic heterocycles. The number of hydrogen-bond donors (Lipinski definition) is 1.